The van der Waals surface area contributed by atoms with Crippen LogP contribution in [-0.4, -0.2) is 26.5 Å². The number of aromatic nitrogens is 1. The van der Waals surface area contributed by atoms with Gasteiger partial charge in [-0.15, -0.1) is 0 Å². The van der Waals surface area contributed by atoms with E-state index in [1.54, 1.807) is 18.2 Å². The molecule has 0 amide bonds. The summed E-state index contributed by atoms with van der Waals surface area (Å²) in [7, 11) is -3.23. The first-order chi connectivity index (χ1) is 18.0. The number of rotatable bonds is 7. The van der Waals surface area contributed by atoms with Gasteiger partial charge in [0, 0.05) is 6.20 Å². The standard InChI is InChI=1S/C27H20ClF3N2O4S/c1-37-26(34)19-11-13-22(14-12-19)38(35,36)33(25-24(28)15-21(16-32-25)27(29,30)31)17-20-9-5-6-10-23(20)18-7-3-2-4-8-18/h2-16H,17H2,1H3. The van der Waals surface area contributed by atoms with Crippen LogP contribution in [-0.2, 0) is 27.5 Å². The van der Waals surface area contributed by atoms with Gasteiger partial charge in [0.1, 0.15) is 0 Å². The summed E-state index contributed by atoms with van der Waals surface area (Å²) in [5.41, 5.74) is 1.10. The third-order valence-electron chi connectivity index (χ3n) is 5.66. The Bertz CT molecular complexity index is 1560. The van der Waals surface area contributed by atoms with Crippen LogP contribution in [0.25, 0.3) is 11.1 Å². The van der Waals surface area contributed by atoms with E-state index in [1.165, 1.54) is 31.4 Å². The van der Waals surface area contributed by atoms with Gasteiger partial charge in [0.15, 0.2) is 5.82 Å². The monoisotopic (exact) mass is 560 g/mol. The van der Waals surface area contributed by atoms with E-state index in [1.807, 2.05) is 36.4 Å². The molecule has 0 aliphatic heterocycles. The molecule has 0 atom stereocenters. The molecule has 196 valence electrons. The van der Waals surface area contributed by atoms with Gasteiger partial charge in [0.05, 0.1) is 34.7 Å². The van der Waals surface area contributed by atoms with Gasteiger partial charge in [-0.2, -0.15) is 13.2 Å². The van der Waals surface area contributed by atoms with Crippen molar-refractivity contribution in [1.29, 1.82) is 0 Å². The second-order valence-electron chi connectivity index (χ2n) is 8.08. The third kappa shape index (κ3) is 5.66. The van der Waals surface area contributed by atoms with Crippen molar-refractivity contribution in [3.63, 3.8) is 0 Å². The van der Waals surface area contributed by atoms with E-state index in [4.69, 9.17) is 11.6 Å². The molecule has 0 radical (unpaired) electrons. The van der Waals surface area contributed by atoms with Crippen LogP contribution in [0.2, 0.25) is 5.02 Å². The maximum Gasteiger partial charge on any atom is 0.417 e. The van der Waals surface area contributed by atoms with Gasteiger partial charge in [-0.25, -0.2) is 22.5 Å². The minimum atomic E-state index is -4.72. The number of methoxy groups -OCH3 is 1. The summed E-state index contributed by atoms with van der Waals surface area (Å²) in [5.74, 6) is -1.03. The van der Waals surface area contributed by atoms with Gasteiger partial charge < -0.3 is 4.74 Å². The molecule has 0 fully saturated rings. The molecule has 0 aliphatic rings. The van der Waals surface area contributed by atoms with Gasteiger partial charge in [-0.05, 0) is 47.0 Å². The van der Waals surface area contributed by atoms with Crippen molar-refractivity contribution in [2.24, 2.45) is 0 Å². The summed E-state index contributed by atoms with van der Waals surface area (Å²) >= 11 is 6.20. The number of alkyl halides is 3. The molecule has 3 aromatic carbocycles. The van der Waals surface area contributed by atoms with E-state index < -0.39 is 32.8 Å². The minimum Gasteiger partial charge on any atom is -0.465 e. The number of hydrogen-bond acceptors (Lipinski definition) is 5. The van der Waals surface area contributed by atoms with E-state index >= 15 is 0 Å². The Kier molecular flexibility index (Phi) is 7.75. The summed E-state index contributed by atoms with van der Waals surface area (Å²) in [6.45, 7) is -0.287. The molecule has 0 saturated carbocycles. The van der Waals surface area contributed by atoms with E-state index in [0.717, 1.165) is 15.4 Å². The topological polar surface area (TPSA) is 76.6 Å². The van der Waals surface area contributed by atoms with Crippen molar-refractivity contribution in [3.05, 3.63) is 113 Å². The van der Waals surface area contributed by atoms with Gasteiger partial charge in [-0.1, -0.05) is 66.2 Å². The fraction of sp³-hybridized carbons (Fsp3) is 0.111. The van der Waals surface area contributed by atoms with Crippen LogP contribution in [0.5, 0.6) is 0 Å². The molecule has 0 N–H and O–H groups in total. The first-order valence-corrected chi connectivity index (χ1v) is 12.9. The molecule has 6 nitrogen and oxygen atoms in total. The van der Waals surface area contributed by atoms with E-state index in [-0.39, 0.29) is 22.8 Å². The fourth-order valence-electron chi connectivity index (χ4n) is 3.76. The molecule has 0 spiro atoms. The number of carbonyl (C=O) groups is 1. The minimum absolute atomic E-state index is 0.123. The predicted octanol–water partition coefficient (Wildman–Crippen LogP) is 6.60. The van der Waals surface area contributed by atoms with Gasteiger partial charge in [0.25, 0.3) is 10.0 Å². The zero-order valence-corrected chi connectivity index (χ0v) is 21.4. The molecule has 38 heavy (non-hydrogen) atoms. The summed E-state index contributed by atoms with van der Waals surface area (Å²) in [5, 5.41) is -0.494. The molecule has 0 saturated heterocycles. The van der Waals surface area contributed by atoms with Gasteiger partial charge in [-0.3, -0.25) is 0 Å². The van der Waals surface area contributed by atoms with E-state index in [2.05, 4.69) is 9.72 Å². The molecule has 0 bridgehead atoms. The molecule has 0 aliphatic carbocycles. The van der Waals surface area contributed by atoms with Crippen LogP contribution in [0.15, 0.2) is 96.0 Å². The SMILES string of the molecule is COC(=O)c1ccc(S(=O)(=O)N(Cc2ccccc2-c2ccccc2)c2ncc(C(F)(F)F)cc2Cl)cc1. The number of nitrogens with zero attached hydrogens (tertiary/aromatic N) is 2. The van der Waals surface area contributed by atoms with Crippen molar-refractivity contribution >= 4 is 33.4 Å². The number of ether oxygens (including phenoxy) is 1. The number of halogens is 4. The number of hydrogen-bond donors (Lipinski definition) is 0. The van der Waals surface area contributed by atoms with Gasteiger partial charge in [0.2, 0.25) is 0 Å². The average Bonchev–Trinajstić information content (AvgIpc) is 2.91. The molecular formula is C27H20ClF3N2O4S. The van der Waals surface area contributed by atoms with Crippen molar-refractivity contribution in [2.45, 2.75) is 17.6 Å². The normalized spacial score (nSPS) is 11.7. The molecule has 1 aromatic heterocycles. The Morgan fingerprint density at radius 2 is 1.61 bits per heavy atom. The van der Waals surface area contributed by atoms with E-state index in [0.29, 0.717) is 17.8 Å². The highest BCUT2D eigenvalue weighted by Gasteiger charge is 2.34. The molecule has 4 aromatic rings. The Balaban J connectivity index is 1.85. The number of pyridine rings is 1. The first-order valence-electron chi connectivity index (χ1n) is 11.1. The highest BCUT2D eigenvalue weighted by molar-refractivity contribution is 7.92. The lowest BCUT2D eigenvalue weighted by molar-refractivity contribution is -0.137. The average molecular weight is 561 g/mol. The van der Waals surface area contributed by atoms with Crippen LogP contribution in [0, 0.1) is 0 Å². The van der Waals surface area contributed by atoms with Crippen LogP contribution >= 0.6 is 11.6 Å². The second-order valence-corrected chi connectivity index (χ2v) is 10.3. The Hall–Kier alpha value is -3.89. The van der Waals surface area contributed by atoms with Gasteiger partial charge >= 0.3 is 12.1 Å². The van der Waals surface area contributed by atoms with Crippen LogP contribution in [0.1, 0.15) is 21.5 Å². The lowest BCUT2D eigenvalue weighted by Crippen LogP contribution is -2.32. The number of sulfonamides is 1. The highest BCUT2D eigenvalue weighted by atomic mass is 35.5. The summed E-state index contributed by atoms with van der Waals surface area (Å²) in [4.78, 5) is 15.4. The van der Waals surface area contributed by atoms with Crippen molar-refractivity contribution in [2.75, 3.05) is 11.4 Å². The lowest BCUT2D eigenvalue weighted by atomic mass is 10.00. The summed E-state index contributed by atoms with van der Waals surface area (Å²) in [6.07, 6.45) is -4.18. The third-order valence-corrected chi connectivity index (χ3v) is 7.69. The second kappa shape index (κ2) is 10.8. The Labute approximate surface area is 222 Å². The number of anilines is 1. The van der Waals surface area contributed by atoms with Crippen LogP contribution < -0.4 is 4.31 Å². The highest BCUT2D eigenvalue weighted by Crippen LogP contribution is 2.37. The zero-order chi connectivity index (χ0) is 27.5. The van der Waals surface area contributed by atoms with Crippen LogP contribution in [0.4, 0.5) is 19.0 Å². The fourth-order valence-corrected chi connectivity index (χ4v) is 5.50. The summed E-state index contributed by atoms with van der Waals surface area (Å²) < 4.78 is 73.0. The largest absolute Gasteiger partial charge is 0.465 e. The molecule has 11 heteroatoms. The molecule has 1 heterocycles. The quantitative estimate of drug-likeness (QED) is 0.238. The Morgan fingerprint density at radius 1 is 0.974 bits per heavy atom. The number of carbonyl (C=O) groups excluding carboxylic acids is 1. The van der Waals surface area contributed by atoms with Crippen molar-refractivity contribution < 1.29 is 31.1 Å². The van der Waals surface area contributed by atoms with Crippen molar-refractivity contribution in [3.8, 4) is 11.1 Å². The smallest absolute Gasteiger partial charge is 0.417 e. The number of benzene rings is 3. The maximum atomic E-state index is 13.9. The first kappa shape index (κ1) is 27.2. The number of esters is 1. The summed E-state index contributed by atoms with van der Waals surface area (Å²) in [6, 6.07) is 21.8. The van der Waals surface area contributed by atoms with Crippen molar-refractivity contribution in [1.82, 2.24) is 4.98 Å². The Morgan fingerprint density at radius 3 is 2.21 bits per heavy atom. The molecular weight excluding hydrogens is 541 g/mol. The van der Waals surface area contributed by atoms with Crippen LogP contribution in [0.3, 0.4) is 0 Å². The molecule has 0 unspecified atom stereocenters. The van der Waals surface area contributed by atoms with E-state index in [9.17, 15) is 26.4 Å². The lowest BCUT2D eigenvalue weighted by Gasteiger charge is -2.26. The maximum absolute atomic E-state index is 13.9. The molecule has 4 rings (SSSR count). The predicted molar refractivity (Wildman–Crippen MR) is 137 cm³/mol. The zero-order valence-electron chi connectivity index (χ0n) is 19.8.